The minimum Gasteiger partial charge on any atom is -0.488 e. The van der Waals surface area contributed by atoms with Crippen molar-refractivity contribution >= 4 is 22.9 Å². The number of oxazole rings is 1. The van der Waals surface area contributed by atoms with Gasteiger partial charge in [-0.1, -0.05) is 12.5 Å². The first-order valence-corrected chi connectivity index (χ1v) is 9.82. The smallest absolute Gasteiger partial charge is 0.278 e. The Kier molecular flexibility index (Phi) is 5.22. The molecule has 6 nitrogen and oxygen atoms in total. The van der Waals surface area contributed by atoms with Gasteiger partial charge in [-0.05, 0) is 55.0 Å². The van der Waals surface area contributed by atoms with Crippen LogP contribution >= 0.6 is 11.3 Å². The summed E-state index contributed by atoms with van der Waals surface area (Å²) in [4.78, 5) is 17.4. The Balaban J connectivity index is 1.41. The molecule has 1 fully saturated rings. The van der Waals surface area contributed by atoms with Crippen LogP contribution in [0, 0.1) is 0 Å². The molecule has 0 bridgehead atoms. The Morgan fingerprint density at radius 3 is 2.78 bits per heavy atom. The first kappa shape index (κ1) is 17.8. The molecule has 7 heteroatoms. The number of nitrogens with one attached hydrogen (secondary N) is 1. The highest BCUT2D eigenvalue weighted by Crippen LogP contribution is 2.28. The molecule has 0 spiro atoms. The molecule has 1 saturated carbocycles. The zero-order valence-electron chi connectivity index (χ0n) is 14.6. The average molecular weight is 384 g/mol. The maximum Gasteiger partial charge on any atom is 0.278 e. The summed E-state index contributed by atoms with van der Waals surface area (Å²) >= 11 is 1.49. The molecule has 27 heavy (non-hydrogen) atoms. The number of carbonyl (C=O) groups excluding carboxylic acids is 1. The van der Waals surface area contributed by atoms with Crippen LogP contribution in [0.1, 0.15) is 36.2 Å². The van der Waals surface area contributed by atoms with Gasteiger partial charge in [0, 0.05) is 5.69 Å². The number of thiophene rings is 1. The second-order valence-electron chi connectivity index (χ2n) is 6.49. The van der Waals surface area contributed by atoms with Gasteiger partial charge in [-0.15, -0.1) is 11.3 Å². The van der Waals surface area contributed by atoms with E-state index in [1.165, 1.54) is 17.7 Å². The fourth-order valence-electron chi connectivity index (χ4n) is 3.19. The molecule has 2 heterocycles. The predicted octanol–water partition coefficient (Wildman–Crippen LogP) is 4.34. The van der Waals surface area contributed by atoms with E-state index in [9.17, 15) is 9.90 Å². The molecule has 1 aromatic carbocycles. The third-order valence-electron chi connectivity index (χ3n) is 4.59. The lowest BCUT2D eigenvalue weighted by atomic mass is 9.95. The van der Waals surface area contributed by atoms with E-state index < -0.39 is 6.10 Å². The van der Waals surface area contributed by atoms with Gasteiger partial charge in [0.15, 0.2) is 17.8 Å². The van der Waals surface area contributed by atoms with Gasteiger partial charge in [0.25, 0.3) is 5.91 Å². The molecule has 2 N–H and O–H groups in total. The summed E-state index contributed by atoms with van der Waals surface area (Å²) in [6, 6.07) is 10.9. The number of ether oxygens (including phenoxy) is 1. The second-order valence-corrected chi connectivity index (χ2v) is 7.44. The van der Waals surface area contributed by atoms with Gasteiger partial charge in [-0.2, -0.15) is 0 Å². The highest BCUT2D eigenvalue weighted by molar-refractivity contribution is 7.13. The number of carbonyl (C=O) groups is 1. The van der Waals surface area contributed by atoms with Gasteiger partial charge < -0.3 is 19.6 Å². The van der Waals surface area contributed by atoms with Crippen molar-refractivity contribution in [2.45, 2.75) is 37.9 Å². The van der Waals surface area contributed by atoms with Crippen LogP contribution in [0.25, 0.3) is 10.6 Å². The summed E-state index contributed by atoms with van der Waals surface area (Å²) in [7, 11) is 0. The monoisotopic (exact) mass is 384 g/mol. The molecule has 0 aliphatic heterocycles. The van der Waals surface area contributed by atoms with Crippen LogP contribution in [0.4, 0.5) is 5.69 Å². The zero-order chi connectivity index (χ0) is 18.6. The van der Waals surface area contributed by atoms with Gasteiger partial charge in [-0.3, -0.25) is 4.79 Å². The molecule has 140 valence electrons. The zero-order valence-corrected chi connectivity index (χ0v) is 15.4. The van der Waals surface area contributed by atoms with E-state index in [4.69, 9.17) is 9.15 Å². The molecule has 4 rings (SSSR count). The Morgan fingerprint density at radius 1 is 1.22 bits per heavy atom. The number of aliphatic hydroxyl groups excluding tert-OH is 1. The van der Waals surface area contributed by atoms with Gasteiger partial charge in [0.1, 0.15) is 11.9 Å². The van der Waals surface area contributed by atoms with E-state index in [0.29, 0.717) is 17.2 Å². The SMILES string of the molecule is O=C(Nc1ccc(O[C@H]2CCCC[C@@H]2O)cc1)c1ncoc1-c1cccs1. The predicted molar refractivity (Wildman–Crippen MR) is 103 cm³/mol. The van der Waals surface area contributed by atoms with Gasteiger partial charge in [0.05, 0.1) is 11.0 Å². The number of amides is 1. The fourth-order valence-corrected chi connectivity index (χ4v) is 3.90. The lowest BCUT2D eigenvalue weighted by molar-refractivity contribution is 0.00688. The molecule has 1 aliphatic rings. The van der Waals surface area contributed by atoms with Crippen molar-refractivity contribution in [2.24, 2.45) is 0 Å². The molecule has 2 aromatic heterocycles. The highest BCUT2D eigenvalue weighted by atomic mass is 32.1. The molecule has 1 amide bonds. The largest absolute Gasteiger partial charge is 0.488 e. The minimum atomic E-state index is -0.416. The summed E-state index contributed by atoms with van der Waals surface area (Å²) < 4.78 is 11.3. The third-order valence-corrected chi connectivity index (χ3v) is 5.46. The lowest BCUT2D eigenvalue weighted by Crippen LogP contribution is -2.34. The summed E-state index contributed by atoms with van der Waals surface area (Å²) in [5.74, 6) is 0.817. The van der Waals surface area contributed by atoms with E-state index in [-0.39, 0.29) is 17.7 Å². The van der Waals surface area contributed by atoms with Crippen LogP contribution in [0.15, 0.2) is 52.6 Å². The Morgan fingerprint density at radius 2 is 2.04 bits per heavy atom. The van der Waals surface area contributed by atoms with Crippen molar-refractivity contribution in [1.82, 2.24) is 4.98 Å². The lowest BCUT2D eigenvalue weighted by Gasteiger charge is -2.28. The number of benzene rings is 1. The quantitative estimate of drug-likeness (QED) is 0.684. The molecule has 1 aliphatic carbocycles. The van der Waals surface area contributed by atoms with Crippen molar-refractivity contribution < 1.29 is 19.1 Å². The number of aliphatic hydroxyl groups is 1. The molecule has 0 radical (unpaired) electrons. The van der Waals surface area contributed by atoms with Gasteiger partial charge in [0.2, 0.25) is 0 Å². The highest BCUT2D eigenvalue weighted by Gasteiger charge is 2.24. The van der Waals surface area contributed by atoms with Crippen molar-refractivity contribution in [2.75, 3.05) is 5.32 Å². The maximum absolute atomic E-state index is 12.5. The summed E-state index contributed by atoms with van der Waals surface area (Å²) in [5, 5.41) is 14.8. The number of nitrogens with zero attached hydrogens (tertiary/aromatic N) is 1. The van der Waals surface area contributed by atoms with Crippen LogP contribution in [0.5, 0.6) is 5.75 Å². The molecule has 2 atom stereocenters. The van der Waals surface area contributed by atoms with Crippen molar-refractivity contribution in [1.29, 1.82) is 0 Å². The number of hydrogen-bond acceptors (Lipinski definition) is 6. The number of hydrogen-bond donors (Lipinski definition) is 2. The topological polar surface area (TPSA) is 84.6 Å². The first-order chi connectivity index (χ1) is 13.2. The van der Waals surface area contributed by atoms with Crippen LogP contribution in [0.3, 0.4) is 0 Å². The Bertz CT molecular complexity index is 889. The van der Waals surface area contributed by atoms with Gasteiger partial charge >= 0.3 is 0 Å². The summed E-state index contributed by atoms with van der Waals surface area (Å²) in [6.07, 6.45) is 4.45. The average Bonchev–Trinajstić information content (AvgIpc) is 3.36. The van der Waals surface area contributed by atoms with Crippen LogP contribution in [-0.2, 0) is 0 Å². The summed E-state index contributed by atoms with van der Waals surface area (Å²) in [5.41, 5.74) is 0.889. The van der Waals surface area contributed by atoms with E-state index in [1.54, 1.807) is 24.3 Å². The van der Waals surface area contributed by atoms with E-state index >= 15 is 0 Å². The van der Waals surface area contributed by atoms with E-state index in [2.05, 4.69) is 10.3 Å². The Hall–Kier alpha value is -2.64. The molecular weight excluding hydrogens is 364 g/mol. The second kappa shape index (κ2) is 7.94. The van der Waals surface area contributed by atoms with Crippen LogP contribution in [0.2, 0.25) is 0 Å². The van der Waals surface area contributed by atoms with Crippen LogP contribution < -0.4 is 10.1 Å². The normalized spacial score (nSPS) is 19.6. The van der Waals surface area contributed by atoms with Crippen molar-refractivity contribution in [3.63, 3.8) is 0 Å². The fraction of sp³-hybridized carbons (Fsp3) is 0.300. The van der Waals surface area contributed by atoms with Crippen molar-refractivity contribution in [3.8, 4) is 16.4 Å². The minimum absolute atomic E-state index is 0.164. The maximum atomic E-state index is 12.5. The molecule has 3 aromatic rings. The standard InChI is InChI=1S/C20H20N2O4S/c23-15-4-1-2-5-16(15)26-14-9-7-13(8-10-14)22-20(24)18-19(25-12-21-18)17-6-3-11-27-17/h3,6-12,15-16,23H,1-2,4-5H2,(H,22,24)/t15-,16-/m0/s1. The third kappa shape index (κ3) is 4.04. The summed E-state index contributed by atoms with van der Waals surface area (Å²) in [6.45, 7) is 0. The molecular formula is C20H20N2O4S. The number of anilines is 1. The van der Waals surface area contributed by atoms with Crippen molar-refractivity contribution in [3.05, 3.63) is 53.9 Å². The molecule has 0 saturated heterocycles. The van der Waals surface area contributed by atoms with E-state index in [0.717, 1.165) is 30.6 Å². The van der Waals surface area contributed by atoms with Gasteiger partial charge in [-0.25, -0.2) is 4.98 Å². The Labute approximate surface area is 160 Å². The number of aromatic nitrogens is 1. The van der Waals surface area contributed by atoms with E-state index in [1.807, 2.05) is 17.5 Å². The number of rotatable bonds is 5. The molecule has 0 unspecified atom stereocenters. The van der Waals surface area contributed by atoms with Crippen LogP contribution in [-0.4, -0.2) is 28.2 Å². The first-order valence-electron chi connectivity index (χ1n) is 8.94.